The molecule has 0 unspecified atom stereocenters. The highest BCUT2D eigenvalue weighted by Gasteiger charge is 2.46. The van der Waals surface area contributed by atoms with E-state index in [1.165, 1.54) is 12.1 Å². The molecule has 0 bridgehead atoms. The fourth-order valence-electron chi connectivity index (χ4n) is 4.99. The van der Waals surface area contributed by atoms with Crippen molar-refractivity contribution in [2.24, 2.45) is 4.99 Å². The highest BCUT2D eigenvalue weighted by atomic mass is 32.2. The average molecular weight is 471 g/mol. The second-order valence-electron chi connectivity index (χ2n) is 8.55. The van der Waals surface area contributed by atoms with Gasteiger partial charge in [0.25, 0.3) is 0 Å². The molecule has 1 aromatic carbocycles. The smallest absolute Gasteiger partial charge is 0.338 e. The Labute approximate surface area is 195 Å². The van der Waals surface area contributed by atoms with Gasteiger partial charge in [0.1, 0.15) is 6.04 Å². The Bertz CT molecular complexity index is 1200. The summed E-state index contributed by atoms with van der Waals surface area (Å²) < 4.78 is 42.0. The SMILES string of the molecule is CC[C@@H]1CSC2=N[C@H](c3ccccn3)[C@@H](c3cc(C)n(-c4cccc(C(F)(F)F)c4)c3C)N21. The Morgan fingerprint density at radius 3 is 2.61 bits per heavy atom. The topological polar surface area (TPSA) is 33.4 Å². The fourth-order valence-corrected chi connectivity index (χ4v) is 6.33. The number of thioether (sulfide) groups is 1. The minimum Gasteiger partial charge on any atom is -0.338 e. The van der Waals surface area contributed by atoms with Crippen molar-refractivity contribution in [3.05, 3.63) is 82.9 Å². The number of alkyl halides is 3. The zero-order chi connectivity index (χ0) is 23.3. The van der Waals surface area contributed by atoms with Gasteiger partial charge in [-0.2, -0.15) is 13.2 Å². The number of rotatable bonds is 4. The standard InChI is InChI=1S/C25H25F3N4S/c1-4-18-14-33-24-30-22(21-10-5-6-11-29-21)23(32(18)24)20-12-15(2)31(16(20)3)19-9-7-8-17(13-19)25(26,27)28/h5-13,18,22-23H,4,14H2,1-3H3/t18-,22-,23-/m1/s1. The lowest BCUT2D eigenvalue weighted by molar-refractivity contribution is -0.137. The Balaban J connectivity index is 1.63. The summed E-state index contributed by atoms with van der Waals surface area (Å²) in [6.07, 6.45) is -1.59. The van der Waals surface area contributed by atoms with Gasteiger partial charge in [0.05, 0.1) is 17.3 Å². The fraction of sp³-hybridized carbons (Fsp3) is 0.360. The van der Waals surface area contributed by atoms with Gasteiger partial charge >= 0.3 is 6.18 Å². The van der Waals surface area contributed by atoms with Crippen LogP contribution in [0.4, 0.5) is 13.2 Å². The number of aryl methyl sites for hydroxylation is 1. The van der Waals surface area contributed by atoms with Crippen LogP contribution in [0.1, 0.15) is 53.6 Å². The molecule has 4 heterocycles. The van der Waals surface area contributed by atoms with Crippen molar-refractivity contribution < 1.29 is 13.2 Å². The molecule has 2 aromatic heterocycles. The molecule has 0 aliphatic carbocycles. The van der Waals surface area contributed by atoms with Gasteiger partial charge in [0.15, 0.2) is 5.17 Å². The molecule has 0 saturated carbocycles. The van der Waals surface area contributed by atoms with Crippen LogP contribution < -0.4 is 0 Å². The van der Waals surface area contributed by atoms with Gasteiger partial charge in [-0.1, -0.05) is 30.8 Å². The summed E-state index contributed by atoms with van der Waals surface area (Å²) in [5.41, 5.74) is 3.69. The number of benzene rings is 1. The van der Waals surface area contributed by atoms with Crippen LogP contribution in [0.3, 0.4) is 0 Å². The predicted octanol–water partition coefficient (Wildman–Crippen LogP) is 6.49. The maximum absolute atomic E-state index is 13.4. The Morgan fingerprint density at radius 1 is 1.09 bits per heavy atom. The van der Waals surface area contributed by atoms with E-state index in [1.54, 1.807) is 24.0 Å². The highest BCUT2D eigenvalue weighted by Crippen LogP contribution is 2.49. The molecule has 3 atom stereocenters. The maximum atomic E-state index is 13.4. The molecule has 0 spiro atoms. The van der Waals surface area contributed by atoms with Crippen LogP contribution in [-0.2, 0) is 6.18 Å². The van der Waals surface area contributed by atoms with E-state index in [2.05, 4.69) is 22.9 Å². The molecular formula is C25H25F3N4S. The second-order valence-corrected chi connectivity index (χ2v) is 9.53. The lowest BCUT2D eigenvalue weighted by Gasteiger charge is -2.32. The van der Waals surface area contributed by atoms with Gasteiger partial charge in [-0.05, 0) is 62.2 Å². The summed E-state index contributed by atoms with van der Waals surface area (Å²) in [6.45, 7) is 6.12. The molecular weight excluding hydrogens is 445 g/mol. The first kappa shape index (κ1) is 22.1. The molecule has 5 rings (SSSR count). The van der Waals surface area contributed by atoms with Crippen LogP contribution in [0.2, 0.25) is 0 Å². The van der Waals surface area contributed by atoms with E-state index in [9.17, 15) is 13.2 Å². The molecule has 3 aromatic rings. The van der Waals surface area contributed by atoms with E-state index in [1.807, 2.05) is 36.6 Å². The molecule has 2 aliphatic heterocycles. The minimum atomic E-state index is -4.38. The number of pyridine rings is 1. The van der Waals surface area contributed by atoms with E-state index in [4.69, 9.17) is 4.99 Å². The monoisotopic (exact) mass is 470 g/mol. The average Bonchev–Trinajstić information content (AvgIpc) is 3.45. The number of amidine groups is 1. The third-order valence-corrected chi connectivity index (χ3v) is 7.68. The molecule has 0 radical (unpaired) electrons. The summed E-state index contributed by atoms with van der Waals surface area (Å²) in [5, 5.41) is 1.03. The van der Waals surface area contributed by atoms with Gasteiger partial charge in [0, 0.05) is 35.1 Å². The number of halogens is 3. The van der Waals surface area contributed by atoms with Crippen LogP contribution in [0.15, 0.2) is 59.7 Å². The molecule has 4 nitrogen and oxygen atoms in total. The molecule has 0 amide bonds. The van der Waals surface area contributed by atoms with Crippen molar-refractivity contribution in [2.75, 3.05) is 5.75 Å². The summed E-state index contributed by atoms with van der Waals surface area (Å²) in [4.78, 5) is 12.1. The number of fused-ring (bicyclic) bond motifs is 1. The van der Waals surface area contributed by atoms with E-state index in [-0.39, 0.29) is 12.1 Å². The van der Waals surface area contributed by atoms with E-state index < -0.39 is 11.7 Å². The number of aliphatic imine (C=N–C) groups is 1. The zero-order valence-corrected chi connectivity index (χ0v) is 19.5. The summed E-state index contributed by atoms with van der Waals surface area (Å²) >= 11 is 1.78. The van der Waals surface area contributed by atoms with Gasteiger partial charge in [0.2, 0.25) is 0 Å². The molecule has 1 fully saturated rings. The van der Waals surface area contributed by atoms with Crippen molar-refractivity contribution >= 4 is 16.9 Å². The van der Waals surface area contributed by atoms with Gasteiger partial charge in [-0.3, -0.25) is 9.98 Å². The van der Waals surface area contributed by atoms with Crippen LogP contribution in [-0.4, -0.2) is 31.4 Å². The molecule has 2 aliphatic rings. The van der Waals surface area contributed by atoms with Crippen LogP contribution >= 0.6 is 11.8 Å². The van der Waals surface area contributed by atoms with Gasteiger partial charge in [-0.25, -0.2) is 0 Å². The normalized spacial score (nSPS) is 22.5. The highest BCUT2D eigenvalue weighted by molar-refractivity contribution is 8.14. The predicted molar refractivity (Wildman–Crippen MR) is 126 cm³/mol. The Hall–Kier alpha value is -2.74. The minimum absolute atomic E-state index is 0.0411. The van der Waals surface area contributed by atoms with Gasteiger partial charge < -0.3 is 9.47 Å². The van der Waals surface area contributed by atoms with E-state index >= 15 is 0 Å². The van der Waals surface area contributed by atoms with Crippen molar-refractivity contribution in [1.29, 1.82) is 0 Å². The van der Waals surface area contributed by atoms with Crippen LogP contribution in [0, 0.1) is 13.8 Å². The lowest BCUT2D eigenvalue weighted by atomic mass is 9.95. The van der Waals surface area contributed by atoms with Crippen molar-refractivity contribution in [2.45, 2.75) is 51.5 Å². The summed E-state index contributed by atoms with van der Waals surface area (Å²) in [5.74, 6) is 0.993. The van der Waals surface area contributed by atoms with Crippen LogP contribution in [0.5, 0.6) is 0 Å². The number of aromatic nitrogens is 2. The first-order valence-corrected chi connectivity index (χ1v) is 12.0. The Morgan fingerprint density at radius 2 is 1.91 bits per heavy atom. The largest absolute Gasteiger partial charge is 0.416 e. The maximum Gasteiger partial charge on any atom is 0.416 e. The number of hydrogen-bond acceptors (Lipinski definition) is 4. The van der Waals surface area contributed by atoms with Crippen LogP contribution in [0.25, 0.3) is 5.69 Å². The molecule has 0 N–H and O–H groups in total. The third kappa shape index (κ3) is 3.74. The first-order valence-electron chi connectivity index (χ1n) is 11.1. The Kier molecular flexibility index (Phi) is 5.51. The first-order chi connectivity index (χ1) is 15.8. The zero-order valence-electron chi connectivity index (χ0n) is 18.7. The number of hydrogen-bond donors (Lipinski definition) is 0. The van der Waals surface area contributed by atoms with E-state index in [0.29, 0.717) is 11.7 Å². The molecule has 1 saturated heterocycles. The van der Waals surface area contributed by atoms with Crippen molar-refractivity contribution in [3.8, 4) is 5.69 Å². The second kappa shape index (κ2) is 8.24. The molecule has 33 heavy (non-hydrogen) atoms. The molecule has 172 valence electrons. The molecule has 8 heteroatoms. The quantitative estimate of drug-likeness (QED) is 0.437. The summed E-state index contributed by atoms with van der Waals surface area (Å²) in [7, 11) is 0. The number of nitrogens with zero attached hydrogens (tertiary/aromatic N) is 4. The summed E-state index contributed by atoms with van der Waals surface area (Å²) in [6, 6.07) is 13.7. The van der Waals surface area contributed by atoms with Crippen molar-refractivity contribution in [3.63, 3.8) is 0 Å². The van der Waals surface area contributed by atoms with Crippen molar-refractivity contribution in [1.82, 2.24) is 14.5 Å². The third-order valence-electron chi connectivity index (χ3n) is 6.55. The lowest BCUT2D eigenvalue weighted by Crippen LogP contribution is -2.35. The van der Waals surface area contributed by atoms with Gasteiger partial charge in [-0.15, -0.1) is 0 Å². The van der Waals surface area contributed by atoms with E-state index in [0.717, 1.165) is 46.1 Å².